The molecule has 0 heterocycles. The van der Waals surface area contributed by atoms with Crippen LogP contribution in [0.5, 0.6) is 0 Å². The second kappa shape index (κ2) is 9.99. The zero-order chi connectivity index (χ0) is 24.2. The number of hydrogen-bond donors (Lipinski definition) is 1. The van der Waals surface area contributed by atoms with Crippen molar-refractivity contribution in [3.8, 4) is 0 Å². The molecule has 6 heteroatoms. The molecular formula is C27H31NO3SSi. The summed E-state index contributed by atoms with van der Waals surface area (Å²) in [6, 6.07) is 24.3. The summed E-state index contributed by atoms with van der Waals surface area (Å²) in [5.74, 6) is -0.156. The molecule has 3 aromatic rings. The van der Waals surface area contributed by atoms with Crippen molar-refractivity contribution < 1.29 is 13.2 Å². The lowest BCUT2D eigenvalue weighted by atomic mass is 9.92. The third kappa shape index (κ3) is 5.96. The van der Waals surface area contributed by atoms with E-state index in [1.54, 1.807) is 36.4 Å². The lowest BCUT2D eigenvalue weighted by molar-refractivity contribution is 0.102. The maximum atomic E-state index is 13.8. The lowest BCUT2D eigenvalue weighted by Gasteiger charge is -2.28. The summed E-state index contributed by atoms with van der Waals surface area (Å²) >= 11 is 0. The molecule has 0 bridgehead atoms. The Hall–Kier alpha value is -2.80. The molecule has 0 aliphatic heterocycles. The van der Waals surface area contributed by atoms with Crippen LogP contribution in [-0.4, -0.2) is 22.3 Å². The molecule has 0 aliphatic carbocycles. The second-order valence-corrected chi connectivity index (χ2v) is 16.2. The molecule has 1 N–H and O–H groups in total. The number of ketones is 1. The SMILES string of the molecule is C/C(=C(\C(=O)c1ccccc1)C(NS(=O)(=O)c1ccc(C)cc1)c1ccccc1)[Si](C)(C)C. The van der Waals surface area contributed by atoms with E-state index < -0.39 is 24.1 Å². The summed E-state index contributed by atoms with van der Waals surface area (Å²) < 4.78 is 29.7. The van der Waals surface area contributed by atoms with E-state index in [0.29, 0.717) is 11.1 Å². The number of allylic oxidation sites excluding steroid dienone is 1. The highest BCUT2D eigenvalue weighted by molar-refractivity contribution is 7.89. The fourth-order valence-corrected chi connectivity index (χ4v) is 5.81. The quantitative estimate of drug-likeness (QED) is 0.242. The first-order valence-electron chi connectivity index (χ1n) is 11.0. The minimum atomic E-state index is -3.89. The number of nitrogens with one attached hydrogen (secondary N) is 1. The highest BCUT2D eigenvalue weighted by Crippen LogP contribution is 2.33. The number of rotatable bonds is 8. The smallest absolute Gasteiger partial charge is 0.241 e. The fourth-order valence-electron chi connectivity index (χ4n) is 3.55. The van der Waals surface area contributed by atoms with Gasteiger partial charge in [0.25, 0.3) is 0 Å². The molecule has 0 aromatic heterocycles. The monoisotopic (exact) mass is 477 g/mol. The van der Waals surface area contributed by atoms with Gasteiger partial charge in [-0.05, 0) is 31.5 Å². The summed E-state index contributed by atoms with van der Waals surface area (Å²) in [5.41, 5.74) is 2.75. The van der Waals surface area contributed by atoms with Gasteiger partial charge in [0.15, 0.2) is 5.78 Å². The van der Waals surface area contributed by atoms with E-state index in [1.807, 2.05) is 62.4 Å². The molecule has 172 valence electrons. The van der Waals surface area contributed by atoms with Crippen molar-refractivity contribution in [3.05, 3.63) is 112 Å². The summed E-state index contributed by atoms with van der Waals surface area (Å²) in [7, 11) is -5.84. The van der Waals surface area contributed by atoms with Gasteiger partial charge in [-0.2, -0.15) is 4.72 Å². The predicted molar refractivity (Wildman–Crippen MR) is 138 cm³/mol. The van der Waals surface area contributed by atoms with Crippen molar-refractivity contribution in [1.82, 2.24) is 4.72 Å². The summed E-state index contributed by atoms with van der Waals surface area (Å²) in [6.07, 6.45) is 0. The zero-order valence-corrected chi connectivity index (χ0v) is 21.6. The van der Waals surface area contributed by atoms with E-state index in [0.717, 1.165) is 16.3 Å². The van der Waals surface area contributed by atoms with Crippen LogP contribution in [0, 0.1) is 6.92 Å². The standard InChI is InChI=1S/C27H31NO3SSi/c1-20-16-18-24(19-17-20)32(30,31)28-26(22-12-8-6-9-13-22)25(21(2)33(3,4)5)27(29)23-14-10-7-11-15-23/h6-19,26,28H,1-5H3/b25-21+. The number of Topliss-reactive ketones (excluding diaryl/α,β-unsaturated/α-hetero) is 1. The third-order valence-electron chi connectivity index (χ3n) is 5.84. The maximum Gasteiger partial charge on any atom is 0.241 e. The normalized spacial score (nSPS) is 13.8. The van der Waals surface area contributed by atoms with Crippen molar-refractivity contribution in [3.63, 3.8) is 0 Å². The second-order valence-electron chi connectivity index (χ2n) is 9.26. The molecule has 0 saturated carbocycles. The molecule has 0 saturated heterocycles. The molecule has 4 nitrogen and oxygen atoms in total. The van der Waals surface area contributed by atoms with E-state index in [-0.39, 0.29) is 10.7 Å². The van der Waals surface area contributed by atoms with Crippen molar-refractivity contribution >= 4 is 23.9 Å². The Morgan fingerprint density at radius 1 is 0.818 bits per heavy atom. The molecule has 3 rings (SSSR count). The van der Waals surface area contributed by atoms with Gasteiger partial charge in [0.05, 0.1) is 19.0 Å². The Kier molecular flexibility index (Phi) is 7.52. The molecule has 1 atom stereocenters. The molecule has 0 fully saturated rings. The zero-order valence-electron chi connectivity index (χ0n) is 19.8. The van der Waals surface area contributed by atoms with Crippen LogP contribution in [-0.2, 0) is 10.0 Å². The molecule has 0 radical (unpaired) electrons. The Labute approximate surface area is 198 Å². The van der Waals surface area contributed by atoms with Crippen LogP contribution in [0.2, 0.25) is 19.6 Å². The van der Waals surface area contributed by atoms with Crippen LogP contribution in [0.15, 0.2) is 101 Å². The number of carbonyl (C=O) groups is 1. The minimum Gasteiger partial charge on any atom is -0.289 e. The topological polar surface area (TPSA) is 63.2 Å². The van der Waals surface area contributed by atoms with Gasteiger partial charge in [-0.15, -0.1) is 0 Å². The fraction of sp³-hybridized carbons (Fsp3) is 0.222. The van der Waals surface area contributed by atoms with Crippen LogP contribution in [0.4, 0.5) is 0 Å². The van der Waals surface area contributed by atoms with Gasteiger partial charge in [0, 0.05) is 11.1 Å². The minimum absolute atomic E-state index is 0.156. The molecule has 0 aliphatic rings. The van der Waals surface area contributed by atoms with Gasteiger partial charge >= 0.3 is 0 Å². The Morgan fingerprint density at radius 3 is 1.85 bits per heavy atom. The third-order valence-corrected chi connectivity index (χ3v) is 9.79. The number of aryl methyl sites for hydroxylation is 1. The highest BCUT2D eigenvalue weighted by atomic mass is 32.2. The highest BCUT2D eigenvalue weighted by Gasteiger charge is 2.33. The first-order valence-corrected chi connectivity index (χ1v) is 15.9. The predicted octanol–water partition coefficient (Wildman–Crippen LogP) is 6.09. The molecular weight excluding hydrogens is 446 g/mol. The molecule has 33 heavy (non-hydrogen) atoms. The van der Waals surface area contributed by atoms with E-state index in [1.165, 1.54) is 0 Å². The van der Waals surface area contributed by atoms with Crippen LogP contribution >= 0.6 is 0 Å². The summed E-state index contributed by atoms with van der Waals surface area (Å²) in [4.78, 5) is 14.0. The number of hydrogen-bond acceptors (Lipinski definition) is 3. The van der Waals surface area contributed by atoms with Crippen molar-refractivity contribution in [2.45, 2.75) is 44.4 Å². The van der Waals surface area contributed by atoms with E-state index >= 15 is 0 Å². The van der Waals surface area contributed by atoms with Crippen molar-refractivity contribution in [1.29, 1.82) is 0 Å². The number of sulfonamides is 1. The molecule has 0 spiro atoms. The van der Waals surface area contributed by atoms with Gasteiger partial charge in [-0.3, -0.25) is 4.79 Å². The Morgan fingerprint density at radius 2 is 1.33 bits per heavy atom. The van der Waals surface area contributed by atoms with E-state index in [4.69, 9.17) is 0 Å². The summed E-state index contributed by atoms with van der Waals surface area (Å²) in [5, 5.41) is 0.969. The average Bonchev–Trinajstić information content (AvgIpc) is 2.79. The lowest BCUT2D eigenvalue weighted by Crippen LogP contribution is -2.36. The van der Waals surface area contributed by atoms with Crippen LogP contribution in [0.1, 0.15) is 34.5 Å². The molecule has 1 unspecified atom stereocenters. The van der Waals surface area contributed by atoms with Gasteiger partial charge < -0.3 is 0 Å². The number of benzene rings is 3. The van der Waals surface area contributed by atoms with Crippen molar-refractivity contribution in [2.75, 3.05) is 0 Å². The molecule has 0 amide bonds. The first-order chi connectivity index (χ1) is 15.5. The van der Waals surface area contributed by atoms with E-state index in [9.17, 15) is 13.2 Å². The Bertz CT molecular complexity index is 1240. The van der Waals surface area contributed by atoms with Gasteiger partial charge in [0.1, 0.15) is 0 Å². The summed E-state index contributed by atoms with van der Waals surface area (Å²) in [6.45, 7) is 10.4. The Balaban J connectivity index is 2.22. The van der Waals surface area contributed by atoms with Crippen molar-refractivity contribution in [2.24, 2.45) is 0 Å². The largest absolute Gasteiger partial charge is 0.289 e. The van der Waals surface area contributed by atoms with Crippen LogP contribution < -0.4 is 4.72 Å². The average molecular weight is 478 g/mol. The molecule has 3 aromatic carbocycles. The van der Waals surface area contributed by atoms with Crippen LogP contribution in [0.3, 0.4) is 0 Å². The van der Waals surface area contributed by atoms with Gasteiger partial charge in [-0.25, -0.2) is 8.42 Å². The number of carbonyl (C=O) groups excluding carboxylic acids is 1. The maximum absolute atomic E-state index is 13.8. The van der Waals surface area contributed by atoms with Crippen LogP contribution in [0.25, 0.3) is 0 Å². The van der Waals surface area contributed by atoms with Gasteiger partial charge in [-0.1, -0.05) is 103 Å². The van der Waals surface area contributed by atoms with Gasteiger partial charge in [0.2, 0.25) is 10.0 Å². The first kappa shape index (κ1) is 24.8. The van der Waals surface area contributed by atoms with E-state index in [2.05, 4.69) is 24.4 Å².